The summed E-state index contributed by atoms with van der Waals surface area (Å²) in [5.41, 5.74) is 7.51. The molecule has 0 saturated heterocycles. The van der Waals surface area contributed by atoms with Crippen LogP contribution in [-0.4, -0.2) is 18.9 Å². The van der Waals surface area contributed by atoms with E-state index in [9.17, 15) is 0 Å². The van der Waals surface area contributed by atoms with Crippen molar-refractivity contribution in [2.45, 2.75) is 23.8 Å². The van der Waals surface area contributed by atoms with E-state index in [0.717, 1.165) is 28.8 Å². The highest BCUT2D eigenvalue weighted by molar-refractivity contribution is 9.10. The Hall–Kier alpha value is -0.970. The molecule has 0 heterocycles. The highest BCUT2D eigenvalue weighted by Gasteiger charge is 2.05. The standard InChI is InChI=1S/C17H20BrNOS/c1-20-16-9-6-13(7-10-16)5-8-15(19)12-21-17-4-2-3-14(18)11-17/h2-4,6-7,9-11,15H,5,8,12,19H2,1H3. The third kappa shape index (κ3) is 5.73. The van der Waals surface area contributed by atoms with Crippen molar-refractivity contribution in [2.75, 3.05) is 12.9 Å². The van der Waals surface area contributed by atoms with Crippen LogP contribution in [0.25, 0.3) is 0 Å². The summed E-state index contributed by atoms with van der Waals surface area (Å²) in [6, 6.07) is 16.7. The van der Waals surface area contributed by atoms with E-state index in [4.69, 9.17) is 10.5 Å². The van der Waals surface area contributed by atoms with Crippen LogP contribution < -0.4 is 10.5 Å². The van der Waals surface area contributed by atoms with Crippen molar-refractivity contribution in [3.05, 3.63) is 58.6 Å². The van der Waals surface area contributed by atoms with Gasteiger partial charge < -0.3 is 10.5 Å². The molecule has 0 aliphatic carbocycles. The fourth-order valence-electron chi connectivity index (χ4n) is 1.99. The number of halogens is 1. The Morgan fingerprint density at radius 2 is 1.95 bits per heavy atom. The zero-order valence-corrected chi connectivity index (χ0v) is 14.5. The summed E-state index contributed by atoms with van der Waals surface area (Å²) in [5.74, 6) is 1.83. The maximum absolute atomic E-state index is 6.21. The van der Waals surface area contributed by atoms with Crippen molar-refractivity contribution in [3.8, 4) is 5.75 Å². The number of rotatable bonds is 7. The molecule has 112 valence electrons. The second kappa shape index (κ2) is 8.47. The monoisotopic (exact) mass is 365 g/mol. The molecule has 0 bridgehead atoms. The van der Waals surface area contributed by atoms with Gasteiger partial charge in [-0.1, -0.05) is 34.1 Å². The molecule has 1 atom stereocenters. The molecule has 0 aromatic heterocycles. The van der Waals surface area contributed by atoms with Crippen molar-refractivity contribution in [2.24, 2.45) is 5.73 Å². The second-order valence-corrected chi connectivity index (χ2v) is 6.92. The zero-order chi connectivity index (χ0) is 15.1. The van der Waals surface area contributed by atoms with Gasteiger partial charge in [-0.2, -0.15) is 0 Å². The topological polar surface area (TPSA) is 35.2 Å². The highest BCUT2D eigenvalue weighted by Crippen LogP contribution is 2.23. The molecule has 0 radical (unpaired) electrons. The number of nitrogens with two attached hydrogens (primary N) is 1. The first-order chi connectivity index (χ1) is 10.2. The number of benzene rings is 2. The van der Waals surface area contributed by atoms with Gasteiger partial charge >= 0.3 is 0 Å². The first-order valence-corrected chi connectivity index (χ1v) is 8.72. The maximum Gasteiger partial charge on any atom is 0.118 e. The van der Waals surface area contributed by atoms with Crippen molar-refractivity contribution in [1.82, 2.24) is 0 Å². The molecule has 0 aliphatic rings. The summed E-state index contributed by atoms with van der Waals surface area (Å²) in [5, 5.41) is 0. The first kappa shape index (κ1) is 16.4. The lowest BCUT2D eigenvalue weighted by Crippen LogP contribution is -2.23. The number of thioether (sulfide) groups is 1. The number of hydrogen-bond donors (Lipinski definition) is 1. The van der Waals surface area contributed by atoms with Crippen molar-refractivity contribution in [3.63, 3.8) is 0 Å². The van der Waals surface area contributed by atoms with Crippen LogP contribution >= 0.6 is 27.7 Å². The number of ether oxygens (including phenoxy) is 1. The molecule has 21 heavy (non-hydrogen) atoms. The van der Waals surface area contributed by atoms with Crippen molar-refractivity contribution in [1.29, 1.82) is 0 Å². The van der Waals surface area contributed by atoms with Gasteiger partial charge in [-0.3, -0.25) is 0 Å². The van der Waals surface area contributed by atoms with Crippen LogP contribution in [0.15, 0.2) is 57.9 Å². The fraction of sp³-hybridized carbons (Fsp3) is 0.294. The van der Waals surface area contributed by atoms with Gasteiger partial charge in [-0.25, -0.2) is 0 Å². The Kier molecular flexibility index (Phi) is 6.61. The maximum atomic E-state index is 6.21. The summed E-state index contributed by atoms with van der Waals surface area (Å²) >= 11 is 5.30. The molecule has 0 aliphatic heterocycles. The minimum atomic E-state index is 0.205. The largest absolute Gasteiger partial charge is 0.497 e. The summed E-state index contributed by atoms with van der Waals surface area (Å²) in [7, 11) is 1.68. The molecule has 2 nitrogen and oxygen atoms in total. The third-order valence-electron chi connectivity index (χ3n) is 3.22. The lowest BCUT2D eigenvalue weighted by atomic mass is 10.1. The van der Waals surface area contributed by atoms with Crippen LogP contribution in [0.3, 0.4) is 0 Å². The van der Waals surface area contributed by atoms with Gasteiger partial charge in [0.15, 0.2) is 0 Å². The molecular formula is C17H20BrNOS. The fourth-order valence-corrected chi connectivity index (χ4v) is 3.50. The average Bonchev–Trinajstić information content (AvgIpc) is 2.51. The van der Waals surface area contributed by atoms with E-state index in [1.807, 2.05) is 30.0 Å². The predicted octanol–water partition coefficient (Wildman–Crippen LogP) is 4.51. The van der Waals surface area contributed by atoms with Gasteiger partial charge in [-0.15, -0.1) is 11.8 Å². The van der Waals surface area contributed by atoms with Gasteiger partial charge in [0.1, 0.15) is 5.75 Å². The van der Waals surface area contributed by atoms with Gasteiger partial charge in [0.05, 0.1) is 7.11 Å². The molecule has 2 N–H and O–H groups in total. The van der Waals surface area contributed by atoms with Crippen LogP contribution in [0.4, 0.5) is 0 Å². The van der Waals surface area contributed by atoms with Crippen LogP contribution in [0, 0.1) is 0 Å². The number of methoxy groups -OCH3 is 1. The van der Waals surface area contributed by atoms with E-state index < -0.39 is 0 Å². The minimum absolute atomic E-state index is 0.205. The molecule has 4 heteroatoms. The molecular weight excluding hydrogens is 346 g/mol. The predicted molar refractivity (Wildman–Crippen MR) is 94.2 cm³/mol. The van der Waals surface area contributed by atoms with Crippen molar-refractivity contribution < 1.29 is 4.74 Å². The highest BCUT2D eigenvalue weighted by atomic mass is 79.9. The molecule has 2 aromatic rings. The lowest BCUT2D eigenvalue weighted by Gasteiger charge is -2.11. The third-order valence-corrected chi connectivity index (χ3v) is 4.90. The lowest BCUT2D eigenvalue weighted by molar-refractivity contribution is 0.414. The summed E-state index contributed by atoms with van der Waals surface area (Å²) < 4.78 is 6.27. The minimum Gasteiger partial charge on any atom is -0.497 e. The Labute approximate surface area is 139 Å². The van der Waals surface area contributed by atoms with Crippen LogP contribution in [0.2, 0.25) is 0 Å². The van der Waals surface area contributed by atoms with Crippen LogP contribution in [0.5, 0.6) is 5.75 Å². The molecule has 2 aromatic carbocycles. The van der Waals surface area contributed by atoms with E-state index >= 15 is 0 Å². The molecule has 1 unspecified atom stereocenters. The van der Waals surface area contributed by atoms with E-state index in [0.29, 0.717) is 0 Å². The van der Waals surface area contributed by atoms with Gasteiger partial charge in [-0.05, 0) is 48.7 Å². The molecule has 0 spiro atoms. The van der Waals surface area contributed by atoms with Crippen LogP contribution in [-0.2, 0) is 6.42 Å². The first-order valence-electron chi connectivity index (χ1n) is 6.94. The molecule has 2 rings (SSSR count). The summed E-state index contributed by atoms with van der Waals surface area (Å²) in [6.45, 7) is 0. The van der Waals surface area contributed by atoms with Gasteiger partial charge in [0.25, 0.3) is 0 Å². The Morgan fingerprint density at radius 3 is 2.62 bits per heavy atom. The molecule has 0 saturated carbocycles. The Bertz CT molecular complexity index is 559. The SMILES string of the molecule is COc1ccc(CCC(N)CSc2cccc(Br)c2)cc1. The van der Waals surface area contributed by atoms with E-state index in [1.165, 1.54) is 10.5 Å². The molecule has 0 fully saturated rings. The van der Waals surface area contributed by atoms with E-state index in [1.54, 1.807) is 7.11 Å². The Balaban J connectivity index is 1.75. The van der Waals surface area contributed by atoms with Crippen LogP contribution in [0.1, 0.15) is 12.0 Å². The van der Waals surface area contributed by atoms with Crippen molar-refractivity contribution >= 4 is 27.7 Å². The quantitative estimate of drug-likeness (QED) is 0.733. The summed E-state index contributed by atoms with van der Waals surface area (Å²) in [4.78, 5) is 1.25. The number of aryl methyl sites for hydroxylation is 1. The second-order valence-electron chi connectivity index (χ2n) is 4.92. The zero-order valence-electron chi connectivity index (χ0n) is 12.1. The molecule has 0 amide bonds. The van der Waals surface area contributed by atoms with E-state index in [-0.39, 0.29) is 6.04 Å². The average molecular weight is 366 g/mol. The van der Waals surface area contributed by atoms with Gasteiger partial charge in [0, 0.05) is 21.2 Å². The normalized spacial score (nSPS) is 12.1. The van der Waals surface area contributed by atoms with E-state index in [2.05, 4.69) is 46.3 Å². The smallest absolute Gasteiger partial charge is 0.118 e. The Morgan fingerprint density at radius 1 is 1.19 bits per heavy atom. The number of hydrogen-bond acceptors (Lipinski definition) is 3. The summed E-state index contributed by atoms with van der Waals surface area (Å²) in [6.07, 6.45) is 2.00. The van der Waals surface area contributed by atoms with Gasteiger partial charge in [0.2, 0.25) is 0 Å².